The predicted octanol–water partition coefficient (Wildman–Crippen LogP) is 8.84. The first-order chi connectivity index (χ1) is 19.5. The highest BCUT2D eigenvalue weighted by atomic mass is 16.5. The number of rotatable bonds is 26. The Hall–Kier alpha value is -1.92. The minimum absolute atomic E-state index is 0.288. The van der Waals surface area contributed by atoms with Gasteiger partial charge in [-0.25, -0.2) is 9.59 Å². The molecule has 6 heteroatoms. The van der Waals surface area contributed by atoms with Crippen LogP contribution in [0.4, 0.5) is 0 Å². The Morgan fingerprint density at radius 3 is 1.15 bits per heavy atom. The predicted molar refractivity (Wildman–Crippen MR) is 167 cm³/mol. The highest BCUT2D eigenvalue weighted by molar-refractivity contribution is 5.95. The minimum Gasteiger partial charge on any atom is -0.446 e. The zero-order chi connectivity index (χ0) is 29.3. The first-order valence-electron chi connectivity index (χ1n) is 16.4. The molecular weight excluding hydrogens is 500 g/mol. The first kappa shape index (κ1) is 36.1. The van der Waals surface area contributed by atoms with Gasteiger partial charge in [0.15, 0.2) is 0 Å². The van der Waals surface area contributed by atoms with Crippen LogP contribution in [0.2, 0.25) is 0 Å². The fraction of sp³-hybridized carbons (Fsp3) is 0.765. The van der Waals surface area contributed by atoms with Gasteiger partial charge < -0.3 is 9.47 Å². The second-order valence-electron chi connectivity index (χ2n) is 11.2. The Morgan fingerprint density at radius 1 is 0.525 bits per heavy atom. The van der Waals surface area contributed by atoms with Crippen LogP contribution >= 0.6 is 0 Å². The number of benzene rings is 1. The van der Waals surface area contributed by atoms with Crippen LogP contribution in [0.25, 0.3) is 0 Å². The van der Waals surface area contributed by atoms with E-state index in [-0.39, 0.29) is 13.5 Å². The molecule has 0 bridgehead atoms. The molecule has 0 unspecified atom stereocenters. The maximum Gasteiger partial charge on any atom is 0.339 e. The van der Waals surface area contributed by atoms with Gasteiger partial charge >= 0.3 is 11.9 Å². The van der Waals surface area contributed by atoms with Gasteiger partial charge in [0, 0.05) is 26.2 Å². The Morgan fingerprint density at radius 2 is 0.850 bits per heavy atom. The molecule has 0 aliphatic rings. The van der Waals surface area contributed by atoms with E-state index in [1.807, 2.05) is 0 Å². The molecule has 0 aliphatic carbocycles. The molecule has 0 amide bonds. The smallest absolute Gasteiger partial charge is 0.339 e. The number of esters is 2. The van der Waals surface area contributed by atoms with Gasteiger partial charge in [0.1, 0.15) is 13.5 Å². The fourth-order valence-electron chi connectivity index (χ4n) is 4.77. The van der Waals surface area contributed by atoms with Gasteiger partial charge in [-0.15, -0.1) is 0 Å². The van der Waals surface area contributed by atoms with Crippen LogP contribution in [0.5, 0.6) is 0 Å². The van der Waals surface area contributed by atoms with E-state index < -0.39 is 11.9 Å². The second-order valence-corrected chi connectivity index (χ2v) is 11.2. The van der Waals surface area contributed by atoms with Crippen LogP contribution in [0.1, 0.15) is 151 Å². The van der Waals surface area contributed by atoms with Gasteiger partial charge in [-0.2, -0.15) is 0 Å². The maximum absolute atomic E-state index is 12.9. The molecule has 0 aliphatic heterocycles. The highest BCUT2D eigenvalue weighted by Gasteiger charge is 2.16. The zero-order valence-corrected chi connectivity index (χ0v) is 26.4. The van der Waals surface area contributed by atoms with E-state index in [2.05, 4.69) is 37.5 Å². The highest BCUT2D eigenvalue weighted by Crippen LogP contribution is 2.12. The maximum atomic E-state index is 12.9. The lowest BCUT2D eigenvalue weighted by molar-refractivity contribution is 0.0204. The van der Waals surface area contributed by atoms with Gasteiger partial charge in [0.25, 0.3) is 0 Å². The lowest BCUT2D eigenvalue weighted by Crippen LogP contribution is -2.30. The van der Waals surface area contributed by atoms with Crippen molar-refractivity contribution in [1.29, 1.82) is 0 Å². The summed E-state index contributed by atoms with van der Waals surface area (Å²) in [6.45, 7) is 13.2. The largest absolute Gasteiger partial charge is 0.446 e. The average Bonchev–Trinajstić information content (AvgIpc) is 2.98. The van der Waals surface area contributed by atoms with Crippen molar-refractivity contribution in [1.82, 2.24) is 9.80 Å². The quantitative estimate of drug-likeness (QED) is 0.0641. The van der Waals surface area contributed by atoms with Crippen LogP contribution in [0.3, 0.4) is 0 Å². The van der Waals surface area contributed by atoms with Crippen molar-refractivity contribution in [2.24, 2.45) is 0 Å². The molecule has 0 fully saturated rings. The van der Waals surface area contributed by atoms with Crippen LogP contribution in [-0.2, 0) is 9.47 Å². The number of nitrogens with zero attached hydrogens (tertiary/aromatic N) is 2. The molecule has 0 aromatic heterocycles. The summed E-state index contributed by atoms with van der Waals surface area (Å²) in [5.41, 5.74) is 0.782. The van der Waals surface area contributed by atoms with Crippen LogP contribution in [0, 0.1) is 0 Å². The molecule has 230 valence electrons. The topological polar surface area (TPSA) is 59.1 Å². The van der Waals surface area contributed by atoms with E-state index in [4.69, 9.17) is 9.47 Å². The number of hydrogen-bond acceptors (Lipinski definition) is 6. The summed E-state index contributed by atoms with van der Waals surface area (Å²) < 4.78 is 11.4. The fourth-order valence-corrected chi connectivity index (χ4v) is 4.77. The zero-order valence-electron chi connectivity index (χ0n) is 26.4. The lowest BCUT2D eigenvalue weighted by atomic mass is 10.1. The van der Waals surface area contributed by atoms with Gasteiger partial charge in [-0.1, -0.05) is 111 Å². The number of unbranched alkanes of at least 4 members (excludes halogenated alkanes) is 12. The Bertz CT molecular complexity index is 687. The van der Waals surface area contributed by atoms with Crippen LogP contribution in [0.15, 0.2) is 24.3 Å². The number of carbonyl (C=O) groups excluding carboxylic acids is 2. The molecule has 1 rings (SSSR count). The SMILES string of the molecule is CCCCCCN(CCCCCC)COC(=O)c1cccc(C(=O)OCN(CCCCCC)CCCCCC)c1. The van der Waals surface area contributed by atoms with Crippen molar-refractivity contribution < 1.29 is 19.1 Å². The molecule has 0 radical (unpaired) electrons. The molecule has 0 saturated heterocycles. The van der Waals surface area contributed by atoms with Gasteiger partial charge in [-0.05, 0) is 43.9 Å². The van der Waals surface area contributed by atoms with Crippen molar-refractivity contribution >= 4 is 11.9 Å². The van der Waals surface area contributed by atoms with Crippen molar-refractivity contribution in [3.8, 4) is 0 Å². The van der Waals surface area contributed by atoms with Gasteiger partial charge in [0.05, 0.1) is 11.1 Å². The molecular formula is C34H60N2O4. The van der Waals surface area contributed by atoms with Crippen molar-refractivity contribution in [2.45, 2.75) is 130 Å². The summed E-state index contributed by atoms with van der Waals surface area (Å²) in [6, 6.07) is 6.75. The number of carbonyl (C=O) groups is 2. The summed E-state index contributed by atoms with van der Waals surface area (Å²) in [6.07, 6.45) is 19.1. The molecule has 1 aromatic rings. The normalized spacial score (nSPS) is 11.3. The summed E-state index contributed by atoms with van der Waals surface area (Å²) in [7, 11) is 0. The Kier molecular flexibility index (Phi) is 22.4. The molecule has 6 nitrogen and oxygen atoms in total. The van der Waals surface area contributed by atoms with E-state index in [1.54, 1.807) is 24.3 Å². The molecule has 0 N–H and O–H groups in total. The van der Waals surface area contributed by atoms with E-state index in [0.717, 1.165) is 51.9 Å². The van der Waals surface area contributed by atoms with Crippen molar-refractivity contribution in [2.75, 3.05) is 39.6 Å². The summed E-state index contributed by atoms with van der Waals surface area (Å²) in [5, 5.41) is 0. The molecule has 0 spiro atoms. The van der Waals surface area contributed by atoms with Crippen LogP contribution in [-0.4, -0.2) is 61.4 Å². The lowest BCUT2D eigenvalue weighted by Gasteiger charge is -2.22. The third kappa shape index (κ3) is 17.7. The molecule has 0 heterocycles. The van der Waals surface area contributed by atoms with E-state index in [1.165, 1.54) is 77.0 Å². The second kappa shape index (κ2) is 24.8. The average molecular weight is 561 g/mol. The van der Waals surface area contributed by atoms with Crippen molar-refractivity contribution in [3.05, 3.63) is 35.4 Å². The molecule has 0 saturated carbocycles. The van der Waals surface area contributed by atoms with Crippen molar-refractivity contribution in [3.63, 3.8) is 0 Å². The Labute approximate surface area is 246 Å². The summed E-state index contributed by atoms with van der Waals surface area (Å²) in [4.78, 5) is 30.2. The van der Waals surface area contributed by atoms with Gasteiger partial charge in [-0.3, -0.25) is 9.80 Å². The third-order valence-corrected chi connectivity index (χ3v) is 7.40. The summed E-state index contributed by atoms with van der Waals surface area (Å²) in [5.74, 6) is -0.787. The minimum atomic E-state index is -0.393. The van der Waals surface area contributed by atoms with E-state index in [9.17, 15) is 9.59 Å². The van der Waals surface area contributed by atoms with E-state index in [0.29, 0.717) is 11.1 Å². The first-order valence-corrected chi connectivity index (χ1v) is 16.4. The standard InChI is InChI=1S/C34H60N2O4/c1-5-9-13-17-24-35(25-18-14-10-6-2)29-39-33(37)31-22-21-23-32(28-31)34(38)40-30-36(26-19-15-11-7-3)27-20-16-12-8-4/h21-23,28H,5-20,24-27,29-30H2,1-4H3. The monoisotopic (exact) mass is 560 g/mol. The van der Waals surface area contributed by atoms with E-state index >= 15 is 0 Å². The van der Waals surface area contributed by atoms with Gasteiger partial charge in [0.2, 0.25) is 0 Å². The number of hydrogen-bond donors (Lipinski definition) is 0. The molecule has 40 heavy (non-hydrogen) atoms. The third-order valence-electron chi connectivity index (χ3n) is 7.40. The summed E-state index contributed by atoms with van der Waals surface area (Å²) >= 11 is 0. The molecule has 0 atom stereocenters. The number of ether oxygens (including phenoxy) is 2. The van der Waals surface area contributed by atoms with Crippen LogP contribution < -0.4 is 0 Å². The Balaban J connectivity index is 2.64. The molecule has 1 aromatic carbocycles.